The molecule has 36 heavy (non-hydrogen) atoms. The molecule has 5 aromatic rings. The van der Waals surface area contributed by atoms with Crippen molar-refractivity contribution in [3.63, 3.8) is 0 Å². The molecule has 0 saturated heterocycles. The largest absolute Gasteiger partial charge is 0.381 e. The van der Waals surface area contributed by atoms with Gasteiger partial charge in [0.15, 0.2) is 17.8 Å². The Labute approximate surface area is 205 Å². The van der Waals surface area contributed by atoms with E-state index in [1.54, 1.807) is 55.7 Å². The van der Waals surface area contributed by atoms with E-state index in [1.165, 1.54) is 9.08 Å². The Morgan fingerprint density at radius 2 is 1.94 bits per heavy atom. The molecule has 0 aliphatic rings. The molecule has 9 nitrogen and oxygen atoms in total. The first-order valence-corrected chi connectivity index (χ1v) is 11.1. The van der Waals surface area contributed by atoms with Gasteiger partial charge >= 0.3 is 0 Å². The van der Waals surface area contributed by atoms with Crippen molar-refractivity contribution < 1.29 is 9.59 Å². The van der Waals surface area contributed by atoms with Crippen molar-refractivity contribution in [2.24, 2.45) is 0 Å². The van der Waals surface area contributed by atoms with Crippen molar-refractivity contribution in [3.05, 3.63) is 100 Å². The van der Waals surface area contributed by atoms with E-state index in [0.717, 1.165) is 0 Å². The summed E-state index contributed by atoms with van der Waals surface area (Å²) in [6, 6.07) is 17.3. The highest BCUT2D eigenvalue weighted by Crippen LogP contribution is 2.24. The van der Waals surface area contributed by atoms with Crippen LogP contribution < -0.4 is 16.6 Å². The van der Waals surface area contributed by atoms with Crippen LogP contribution >= 0.6 is 0 Å². The number of hydrogen-bond acceptors (Lipinski definition) is 6. The van der Waals surface area contributed by atoms with Crippen LogP contribution in [0, 0.1) is 11.8 Å². The number of para-hydroxylation sites is 1. The minimum Gasteiger partial charge on any atom is -0.381 e. The van der Waals surface area contributed by atoms with Crippen molar-refractivity contribution >= 4 is 34.4 Å². The van der Waals surface area contributed by atoms with Crippen LogP contribution in [0.15, 0.2) is 77.9 Å². The lowest BCUT2D eigenvalue weighted by molar-refractivity contribution is -0.103. The summed E-state index contributed by atoms with van der Waals surface area (Å²) in [7, 11) is 0. The summed E-state index contributed by atoms with van der Waals surface area (Å²) in [5.41, 5.74) is 7.81. The van der Waals surface area contributed by atoms with Gasteiger partial charge in [0, 0.05) is 29.3 Å². The first kappa shape index (κ1) is 22.6. The van der Waals surface area contributed by atoms with Gasteiger partial charge in [0.25, 0.3) is 11.5 Å². The molecule has 0 unspecified atom stereocenters. The zero-order valence-corrected chi connectivity index (χ0v) is 19.2. The lowest BCUT2D eigenvalue weighted by Gasteiger charge is -2.21. The van der Waals surface area contributed by atoms with Crippen molar-refractivity contribution in [2.45, 2.75) is 13.0 Å². The SMILES string of the molecule is C[C@@H](NC(=O)c1c(N)nn2cccnc12)c1cc2cccc(C#CC=O)c2c(=O)n1-c1ccccc1. The monoisotopic (exact) mass is 476 g/mol. The minimum atomic E-state index is -0.599. The Balaban J connectivity index is 1.66. The van der Waals surface area contributed by atoms with Crippen LogP contribution in [-0.4, -0.2) is 31.4 Å². The van der Waals surface area contributed by atoms with Gasteiger partial charge in [-0.05, 0) is 48.6 Å². The van der Waals surface area contributed by atoms with Gasteiger partial charge in [0.05, 0.1) is 11.4 Å². The smallest absolute Gasteiger partial charge is 0.264 e. The molecule has 5 rings (SSSR count). The Hall–Kier alpha value is -5.23. The maximum atomic E-state index is 13.8. The molecule has 0 fully saturated rings. The lowest BCUT2D eigenvalue weighted by atomic mass is 10.0. The van der Waals surface area contributed by atoms with Crippen molar-refractivity contribution in [3.8, 4) is 17.5 Å². The van der Waals surface area contributed by atoms with E-state index in [9.17, 15) is 14.4 Å². The second-order valence-electron chi connectivity index (χ2n) is 8.05. The first-order chi connectivity index (χ1) is 17.5. The van der Waals surface area contributed by atoms with Crippen LogP contribution in [0.2, 0.25) is 0 Å². The molecule has 1 atom stereocenters. The van der Waals surface area contributed by atoms with Crippen molar-refractivity contribution in [1.29, 1.82) is 0 Å². The Morgan fingerprint density at radius 1 is 1.14 bits per heavy atom. The normalized spacial score (nSPS) is 11.6. The Kier molecular flexibility index (Phi) is 5.76. The number of nitrogens with one attached hydrogen (secondary N) is 1. The number of carbonyl (C=O) groups is 2. The van der Waals surface area contributed by atoms with Gasteiger partial charge in [0.2, 0.25) is 0 Å². The summed E-state index contributed by atoms with van der Waals surface area (Å²) in [4.78, 5) is 42.1. The molecule has 3 heterocycles. The number of hydrogen-bond donors (Lipinski definition) is 2. The van der Waals surface area contributed by atoms with Crippen LogP contribution in [0.1, 0.15) is 34.6 Å². The molecule has 0 aliphatic heterocycles. The maximum Gasteiger partial charge on any atom is 0.264 e. The zero-order valence-electron chi connectivity index (χ0n) is 19.2. The van der Waals surface area contributed by atoms with E-state index < -0.39 is 11.9 Å². The Bertz CT molecular complexity index is 1760. The number of rotatable bonds is 4. The van der Waals surface area contributed by atoms with Crippen LogP contribution in [0.3, 0.4) is 0 Å². The summed E-state index contributed by atoms with van der Waals surface area (Å²) in [5.74, 6) is 4.71. The average Bonchev–Trinajstić information content (AvgIpc) is 3.23. The number of nitrogen functional groups attached to an aromatic ring is 1. The second-order valence-corrected chi connectivity index (χ2v) is 8.05. The molecule has 0 saturated carbocycles. The standard InChI is InChI=1S/C27H20N6O3/c1-17(30-26(35)23-24(28)31-32-14-7-13-29-25(23)32)21-16-19-9-5-8-18(10-6-15-34)22(19)27(36)33(21)20-11-3-2-4-12-20/h2-5,7-9,11-17H,1H3,(H2,28,31)(H,30,35)/t17-/m1/s1. The first-order valence-electron chi connectivity index (χ1n) is 11.1. The zero-order chi connectivity index (χ0) is 25.2. The molecule has 176 valence electrons. The van der Waals surface area contributed by atoms with E-state index >= 15 is 0 Å². The molecular formula is C27H20N6O3. The fourth-order valence-corrected chi connectivity index (χ4v) is 4.22. The van der Waals surface area contributed by atoms with Gasteiger partial charge in [-0.1, -0.05) is 36.3 Å². The van der Waals surface area contributed by atoms with E-state index in [1.807, 2.05) is 24.3 Å². The summed E-state index contributed by atoms with van der Waals surface area (Å²) in [5, 5.41) is 8.10. The quantitative estimate of drug-likeness (QED) is 0.304. The van der Waals surface area contributed by atoms with E-state index in [0.29, 0.717) is 39.7 Å². The van der Waals surface area contributed by atoms with Crippen LogP contribution in [0.25, 0.3) is 22.1 Å². The van der Waals surface area contributed by atoms with Crippen LogP contribution in [0.5, 0.6) is 0 Å². The molecule has 0 bridgehead atoms. The van der Waals surface area contributed by atoms with Gasteiger partial charge in [-0.25, -0.2) is 9.50 Å². The highest BCUT2D eigenvalue weighted by molar-refractivity contribution is 6.04. The fraction of sp³-hybridized carbons (Fsp3) is 0.0741. The number of carbonyl (C=O) groups excluding carboxylic acids is 2. The lowest BCUT2D eigenvalue weighted by Crippen LogP contribution is -2.32. The molecule has 0 radical (unpaired) electrons. The predicted octanol–water partition coefficient (Wildman–Crippen LogP) is 2.66. The molecule has 9 heteroatoms. The summed E-state index contributed by atoms with van der Waals surface area (Å²) in [6.45, 7) is 1.78. The predicted molar refractivity (Wildman–Crippen MR) is 136 cm³/mol. The number of fused-ring (bicyclic) bond motifs is 2. The molecule has 0 aliphatic carbocycles. The number of nitrogens with zero attached hydrogens (tertiary/aromatic N) is 4. The van der Waals surface area contributed by atoms with Gasteiger partial charge in [-0.2, -0.15) is 0 Å². The summed E-state index contributed by atoms with van der Waals surface area (Å²) >= 11 is 0. The van der Waals surface area contributed by atoms with Gasteiger partial charge in [-0.15, -0.1) is 5.10 Å². The summed E-state index contributed by atoms with van der Waals surface area (Å²) in [6.07, 6.45) is 3.69. The number of aromatic nitrogens is 4. The van der Waals surface area contributed by atoms with E-state index in [-0.39, 0.29) is 16.9 Å². The molecule has 0 spiro atoms. The maximum absolute atomic E-state index is 13.8. The van der Waals surface area contributed by atoms with E-state index in [4.69, 9.17) is 5.73 Å². The van der Waals surface area contributed by atoms with Gasteiger partial charge < -0.3 is 11.1 Å². The second kappa shape index (κ2) is 9.19. The van der Waals surface area contributed by atoms with E-state index in [2.05, 4.69) is 27.2 Å². The average molecular weight is 476 g/mol. The van der Waals surface area contributed by atoms with Crippen molar-refractivity contribution in [1.82, 2.24) is 24.5 Å². The fourth-order valence-electron chi connectivity index (χ4n) is 4.22. The van der Waals surface area contributed by atoms with Crippen molar-refractivity contribution in [2.75, 3.05) is 5.73 Å². The third-order valence-electron chi connectivity index (χ3n) is 5.80. The molecule has 2 aromatic carbocycles. The minimum absolute atomic E-state index is 0.0516. The molecule has 3 N–H and O–H groups in total. The number of aldehydes is 1. The molecule has 1 amide bonds. The number of pyridine rings is 1. The van der Waals surface area contributed by atoms with Gasteiger partial charge in [0.1, 0.15) is 5.56 Å². The number of anilines is 1. The molecule has 3 aromatic heterocycles. The molecular weight excluding hydrogens is 456 g/mol. The highest BCUT2D eigenvalue weighted by atomic mass is 16.2. The highest BCUT2D eigenvalue weighted by Gasteiger charge is 2.23. The van der Waals surface area contributed by atoms with Crippen LogP contribution in [-0.2, 0) is 4.79 Å². The number of benzene rings is 2. The number of amides is 1. The third kappa shape index (κ3) is 3.86. The Morgan fingerprint density at radius 3 is 2.72 bits per heavy atom. The van der Waals surface area contributed by atoms with Gasteiger partial charge in [-0.3, -0.25) is 19.0 Å². The third-order valence-corrected chi connectivity index (χ3v) is 5.80. The van der Waals surface area contributed by atoms with Crippen LogP contribution in [0.4, 0.5) is 5.82 Å². The topological polar surface area (TPSA) is 124 Å². The number of nitrogens with two attached hydrogens (primary N) is 1. The summed E-state index contributed by atoms with van der Waals surface area (Å²) < 4.78 is 2.98.